The van der Waals surface area contributed by atoms with Gasteiger partial charge in [-0.1, -0.05) is 73.9 Å². The van der Waals surface area contributed by atoms with Gasteiger partial charge >= 0.3 is 0 Å². The summed E-state index contributed by atoms with van der Waals surface area (Å²) in [6.07, 6.45) is 4.91. The van der Waals surface area contributed by atoms with Crippen LogP contribution >= 0.6 is 0 Å². The molecule has 0 saturated heterocycles. The number of aromatic nitrogens is 2. The van der Waals surface area contributed by atoms with E-state index in [1.54, 1.807) is 12.1 Å². The molecule has 4 aromatic rings. The van der Waals surface area contributed by atoms with Gasteiger partial charge in [0.25, 0.3) is 15.9 Å². The summed E-state index contributed by atoms with van der Waals surface area (Å²) in [4.78, 5) is 38.7. The lowest BCUT2D eigenvalue weighted by molar-refractivity contribution is -0.127. The molecule has 2 aliphatic rings. The van der Waals surface area contributed by atoms with Crippen LogP contribution in [0.25, 0.3) is 11.3 Å². The van der Waals surface area contributed by atoms with E-state index in [0.717, 1.165) is 54.4 Å². The highest BCUT2D eigenvalue weighted by atomic mass is 32.2. The number of fused-ring (bicyclic) bond motifs is 4. The van der Waals surface area contributed by atoms with E-state index in [1.165, 1.54) is 23.1 Å². The molecule has 1 unspecified atom stereocenters. The highest BCUT2D eigenvalue weighted by Gasteiger charge is 2.34. The summed E-state index contributed by atoms with van der Waals surface area (Å²) in [5.74, 6) is -0.951. The Morgan fingerprint density at radius 1 is 0.935 bits per heavy atom. The maximum Gasteiger partial charge on any atom is 0.264 e. The van der Waals surface area contributed by atoms with Gasteiger partial charge in [0.2, 0.25) is 17.7 Å². The first kappa shape index (κ1) is 31.2. The summed E-state index contributed by atoms with van der Waals surface area (Å²) < 4.78 is 35.9. The van der Waals surface area contributed by atoms with E-state index in [1.807, 2.05) is 62.4 Å². The van der Waals surface area contributed by atoms with Gasteiger partial charge in [0.1, 0.15) is 12.6 Å². The van der Waals surface area contributed by atoms with E-state index in [4.69, 9.17) is 4.74 Å². The van der Waals surface area contributed by atoms with E-state index in [-0.39, 0.29) is 47.4 Å². The van der Waals surface area contributed by atoms with Crippen LogP contribution in [0.4, 0.5) is 5.95 Å². The predicted octanol–water partition coefficient (Wildman–Crippen LogP) is 5.41. The molecule has 3 aromatic carbocycles. The van der Waals surface area contributed by atoms with Gasteiger partial charge in [-0.05, 0) is 61.6 Å². The monoisotopic (exact) mass is 639 g/mol. The highest BCUT2D eigenvalue weighted by molar-refractivity contribution is 7.92. The number of hydrogen-bond donors (Lipinski definition) is 2. The predicted molar refractivity (Wildman–Crippen MR) is 175 cm³/mol. The van der Waals surface area contributed by atoms with E-state index in [0.29, 0.717) is 5.69 Å². The molecule has 0 spiro atoms. The molecule has 1 aliphatic carbocycles. The summed E-state index contributed by atoms with van der Waals surface area (Å²) in [5, 5.41) is 3.17. The van der Waals surface area contributed by atoms with Gasteiger partial charge in [-0.3, -0.25) is 9.59 Å². The van der Waals surface area contributed by atoms with Gasteiger partial charge in [-0.15, -0.1) is 0 Å². The van der Waals surface area contributed by atoms with Gasteiger partial charge < -0.3 is 15.0 Å². The first-order valence-corrected chi connectivity index (χ1v) is 17.0. The van der Waals surface area contributed by atoms with Crippen LogP contribution in [0.15, 0.2) is 83.8 Å². The maximum atomic E-state index is 14.3. The second-order valence-electron chi connectivity index (χ2n) is 11.9. The number of benzene rings is 3. The van der Waals surface area contributed by atoms with Crippen molar-refractivity contribution in [1.29, 1.82) is 0 Å². The molecule has 10 nitrogen and oxygen atoms in total. The average molecular weight is 640 g/mol. The number of carbonyl (C=O) groups excluding carboxylic acids is 2. The molecule has 2 amide bonds. The fraction of sp³-hybridized carbons (Fsp3) is 0.314. The Labute approximate surface area is 269 Å². The molecule has 1 atom stereocenters. The summed E-state index contributed by atoms with van der Waals surface area (Å²) in [5.41, 5.74) is 4.08. The van der Waals surface area contributed by atoms with Crippen LogP contribution in [0.1, 0.15) is 59.2 Å². The number of amides is 2. The van der Waals surface area contributed by atoms with Crippen molar-refractivity contribution in [3.05, 3.63) is 101 Å². The smallest absolute Gasteiger partial charge is 0.264 e. The third kappa shape index (κ3) is 6.89. The number of rotatable bonds is 5. The number of hydrogen-bond acceptors (Lipinski definition) is 7. The number of anilines is 1. The van der Waals surface area contributed by atoms with Crippen molar-refractivity contribution in [2.45, 2.75) is 69.5 Å². The quantitative estimate of drug-likeness (QED) is 0.299. The second kappa shape index (κ2) is 13.3. The number of aryl methyl sites for hydroxylation is 2. The summed E-state index contributed by atoms with van der Waals surface area (Å²) >= 11 is 0. The first-order valence-electron chi connectivity index (χ1n) is 15.5. The van der Waals surface area contributed by atoms with Gasteiger partial charge in [-0.25, -0.2) is 18.1 Å². The van der Waals surface area contributed by atoms with Gasteiger partial charge in [-0.2, -0.15) is 4.98 Å². The molecular weight excluding hydrogens is 602 g/mol. The van der Waals surface area contributed by atoms with E-state index >= 15 is 0 Å². The molecule has 2 N–H and O–H groups in total. The first-order chi connectivity index (χ1) is 22.2. The molecule has 1 aliphatic heterocycles. The third-order valence-electron chi connectivity index (χ3n) is 8.53. The number of nitrogens with zero attached hydrogens (tertiary/aromatic N) is 3. The molecule has 1 fully saturated rings. The Kier molecular flexibility index (Phi) is 9.03. The summed E-state index contributed by atoms with van der Waals surface area (Å²) in [7, 11) is -4.21. The van der Waals surface area contributed by atoms with Gasteiger partial charge in [0.15, 0.2) is 0 Å². The van der Waals surface area contributed by atoms with Crippen molar-refractivity contribution in [2.24, 2.45) is 0 Å². The molecular formula is C35H37N5O5S. The SMILES string of the molecule is Cc1cccc(C)c1-c1cc2nc(n1)NS(=O)(=O)c1cccc(c1)C(=O)N(Cc1ccccc1)C(C(=O)NC1CCCCC1)CO2. The maximum absolute atomic E-state index is 14.3. The Morgan fingerprint density at radius 2 is 1.65 bits per heavy atom. The molecule has 2 heterocycles. The van der Waals surface area contributed by atoms with E-state index in [9.17, 15) is 18.0 Å². The van der Waals surface area contributed by atoms with Crippen molar-refractivity contribution in [2.75, 3.05) is 11.3 Å². The number of nitrogens with one attached hydrogen (secondary N) is 2. The zero-order valence-corrected chi connectivity index (χ0v) is 26.7. The Morgan fingerprint density at radius 3 is 2.39 bits per heavy atom. The Bertz CT molecular complexity index is 1840. The van der Waals surface area contributed by atoms with Crippen molar-refractivity contribution in [3.8, 4) is 17.1 Å². The molecule has 6 rings (SSSR count). The van der Waals surface area contributed by atoms with Crippen LogP contribution in [-0.2, 0) is 21.4 Å². The second-order valence-corrected chi connectivity index (χ2v) is 13.6. The molecule has 0 radical (unpaired) electrons. The molecule has 11 heteroatoms. The largest absolute Gasteiger partial charge is 0.475 e. The van der Waals surface area contributed by atoms with Crippen molar-refractivity contribution >= 4 is 27.8 Å². The van der Waals surface area contributed by atoms with E-state index in [2.05, 4.69) is 20.0 Å². The summed E-state index contributed by atoms with van der Waals surface area (Å²) in [6, 6.07) is 21.5. The minimum atomic E-state index is -4.21. The van der Waals surface area contributed by atoms with Crippen LogP contribution < -0.4 is 14.8 Å². The molecule has 1 aromatic heterocycles. The van der Waals surface area contributed by atoms with Crippen molar-refractivity contribution in [3.63, 3.8) is 0 Å². The zero-order chi connectivity index (χ0) is 32.3. The summed E-state index contributed by atoms with van der Waals surface area (Å²) in [6.45, 7) is 3.78. The third-order valence-corrected chi connectivity index (χ3v) is 9.86. The minimum absolute atomic E-state index is 0.00142. The number of ether oxygens (including phenoxy) is 1. The fourth-order valence-corrected chi connectivity index (χ4v) is 7.14. The minimum Gasteiger partial charge on any atom is -0.475 e. The van der Waals surface area contributed by atoms with Gasteiger partial charge in [0.05, 0.1) is 10.6 Å². The van der Waals surface area contributed by atoms with Crippen LogP contribution in [0.5, 0.6) is 5.88 Å². The fourth-order valence-electron chi connectivity index (χ4n) is 6.15. The average Bonchev–Trinajstić information content (AvgIpc) is 3.04. The van der Waals surface area contributed by atoms with Crippen LogP contribution in [0.3, 0.4) is 0 Å². The van der Waals surface area contributed by atoms with Crippen LogP contribution in [0, 0.1) is 13.8 Å². The number of carbonyl (C=O) groups is 2. The van der Waals surface area contributed by atoms with Crippen molar-refractivity contribution in [1.82, 2.24) is 20.2 Å². The lowest BCUT2D eigenvalue weighted by Gasteiger charge is -2.33. The molecule has 1 saturated carbocycles. The lowest BCUT2D eigenvalue weighted by Crippen LogP contribution is -2.54. The van der Waals surface area contributed by atoms with Gasteiger partial charge in [0, 0.05) is 29.8 Å². The normalized spacial score (nSPS) is 18.3. The van der Waals surface area contributed by atoms with Crippen LogP contribution in [-0.4, -0.2) is 53.8 Å². The highest BCUT2D eigenvalue weighted by Crippen LogP contribution is 2.30. The topological polar surface area (TPSA) is 131 Å². The van der Waals surface area contributed by atoms with Crippen molar-refractivity contribution < 1.29 is 22.7 Å². The van der Waals surface area contributed by atoms with E-state index < -0.39 is 22.0 Å². The Hall–Kier alpha value is -4.77. The molecule has 46 heavy (non-hydrogen) atoms. The number of sulfonamides is 1. The molecule has 4 bridgehead atoms. The molecule has 238 valence electrons. The Balaban J connectivity index is 1.49. The lowest BCUT2D eigenvalue weighted by atomic mass is 9.95. The zero-order valence-electron chi connectivity index (χ0n) is 25.9. The standard InChI is InChI=1S/C35H37N5O5S/c1-23-11-9-12-24(2)32(23)29-20-31-38-35(37-29)39-46(43,44)28-18-10-15-26(19-28)34(42)40(21-25-13-5-3-6-14-25)30(22-45-31)33(41)36-27-16-7-4-8-17-27/h3,5-6,9-15,18-20,27,30H,4,7-8,16-17,21-22H2,1-2H3,(H,36,41)(H,37,38,39). The van der Waals surface area contributed by atoms with Crippen LogP contribution in [0.2, 0.25) is 0 Å².